The summed E-state index contributed by atoms with van der Waals surface area (Å²) in [6.07, 6.45) is 6.37. The molecule has 0 bridgehead atoms. The highest BCUT2D eigenvalue weighted by molar-refractivity contribution is 7.09. The molecule has 0 aromatic carbocycles. The summed E-state index contributed by atoms with van der Waals surface area (Å²) in [5.41, 5.74) is 1.37. The molecule has 1 N–H and O–H groups in total. The third-order valence-corrected chi connectivity index (χ3v) is 4.97. The van der Waals surface area contributed by atoms with E-state index in [1.165, 1.54) is 36.4 Å². The van der Waals surface area contributed by atoms with Crippen LogP contribution in [0.3, 0.4) is 0 Å². The number of rotatable bonds is 7. The summed E-state index contributed by atoms with van der Waals surface area (Å²) >= 11 is 1.81. The molecule has 2 heterocycles. The summed E-state index contributed by atoms with van der Waals surface area (Å²) in [5, 5.41) is 7.10. The largest absolute Gasteiger partial charge is 0.378 e. The molecule has 0 saturated carbocycles. The van der Waals surface area contributed by atoms with E-state index in [1.807, 2.05) is 0 Å². The van der Waals surface area contributed by atoms with Gasteiger partial charge in [-0.1, -0.05) is 27.7 Å². The van der Waals surface area contributed by atoms with Crippen molar-refractivity contribution in [2.75, 3.05) is 13.2 Å². The molecule has 1 aliphatic rings. The minimum atomic E-state index is 0.153. The molecule has 2 unspecified atom stereocenters. The Bertz CT molecular complexity index is 419. The first kappa shape index (κ1) is 16.9. The van der Waals surface area contributed by atoms with Crippen molar-refractivity contribution >= 4 is 11.3 Å². The third kappa shape index (κ3) is 5.35. The van der Waals surface area contributed by atoms with Crippen molar-refractivity contribution in [3.8, 4) is 0 Å². The van der Waals surface area contributed by atoms with Crippen LogP contribution in [0.1, 0.15) is 64.1 Å². The smallest absolute Gasteiger partial charge is 0.0944 e. The molecular formula is C17H30N2OS. The molecule has 1 aromatic heterocycles. The van der Waals surface area contributed by atoms with Crippen molar-refractivity contribution < 1.29 is 4.74 Å². The van der Waals surface area contributed by atoms with E-state index in [2.05, 4.69) is 38.4 Å². The second-order valence-electron chi connectivity index (χ2n) is 7.05. The Hall–Kier alpha value is -0.450. The number of nitrogens with one attached hydrogen (secondary N) is 1. The number of thiazole rings is 1. The molecule has 1 aromatic rings. The number of nitrogens with zero attached hydrogens (tertiary/aromatic N) is 1. The molecule has 1 saturated heterocycles. The van der Waals surface area contributed by atoms with Gasteiger partial charge in [0.1, 0.15) is 0 Å². The van der Waals surface area contributed by atoms with Crippen LogP contribution in [0.15, 0.2) is 5.38 Å². The Morgan fingerprint density at radius 1 is 1.48 bits per heavy atom. The SMILES string of the molecule is CCNC(CCC1CCCO1)Cc1nc(C(C)(C)C)cs1. The highest BCUT2D eigenvalue weighted by Gasteiger charge is 2.21. The predicted octanol–water partition coefficient (Wildman–Crippen LogP) is 3.92. The lowest BCUT2D eigenvalue weighted by atomic mass is 9.93. The predicted molar refractivity (Wildman–Crippen MR) is 90.2 cm³/mol. The monoisotopic (exact) mass is 310 g/mol. The quantitative estimate of drug-likeness (QED) is 0.829. The van der Waals surface area contributed by atoms with Crippen molar-refractivity contribution in [1.29, 1.82) is 0 Å². The van der Waals surface area contributed by atoms with Gasteiger partial charge in [-0.15, -0.1) is 11.3 Å². The standard InChI is InChI=1S/C17H30N2OS/c1-5-18-13(8-9-14-7-6-10-20-14)11-16-19-15(12-21-16)17(2,3)4/h12-14,18H,5-11H2,1-4H3. The zero-order valence-corrected chi connectivity index (χ0v) is 14.8. The first-order chi connectivity index (χ1) is 9.99. The zero-order chi connectivity index (χ0) is 15.3. The number of likely N-dealkylation sites (N-methyl/N-ethyl adjacent to an activating group) is 1. The summed E-state index contributed by atoms with van der Waals surface area (Å²) in [7, 11) is 0. The maximum Gasteiger partial charge on any atom is 0.0944 e. The topological polar surface area (TPSA) is 34.1 Å². The molecule has 2 rings (SSSR count). The summed E-state index contributed by atoms with van der Waals surface area (Å²) in [4.78, 5) is 4.83. The van der Waals surface area contributed by atoms with Crippen LogP contribution in [-0.2, 0) is 16.6 Å². The molecule has 1 aliphatic heterocycles. The molecule has 0 spiro atoms. The summed E-state index contributed by atoms with van der Waals surface area (Å²) < 4.78 is 5.74. The van der Waals surface area contributed by atoms with Gasteiger partial charge in [-0.25, -0.2) is 4.98 Å². The molecule has 0 amide bonds. The van der Waals surface area contributed by atoms with Crippen molar-refractivity contribution in [1.82, 2.24) is 10.3 Å². The lowest BCUT2D eigenvalue weighted by molar-refractivity contribution is 0.0996. The Morgan fingerprint density at radius 3 is 2.86 bits per heavy atom. The van der Waals surface area contributed by atoms with Gasteiger partial charge in [0, 0.05) is 29.9 Å². The second-order valence-corrected chi connectivity index (χ2v) is 7.99. The van der Waals surface area contributed by atoms with E-state index in [0.717, 1.165) is 19.6 Å². The zero-order valence-electron chi connectivity index (χ0n) is 13.9. The van der Waals surface area contributed by atoms with Crippen molar-refractivity contribution in [3.05, 3.63) is 16.1 Å². The second kappa shape index (κ2) is 7.70. The number of hydrogen-bond donors (Lipinski definition) is 1. The van der Waals surface area contributed by atoms with E-state index in [0.29, 0.717) is 12.1 Å². The van der Waals surface area contributed by atoms with Gasteiger partial charge in [0.05, 0.1) is 16.8 Å². The number of ether oxygens (including phenoxy) is 1. The number of aromatic nitrogens is 1. The molecule has 120 valence electrons. The van der Waals surface area contributed by atoms with Crippen LogP contribution in [0.5, 0.6) is 0 Å². The fraction of sp³-hybridized carbons (Fsp3) is 0.824. The Balaban J connectivity index is 1.87. The third-order valence-electron chi connectivity index (χ3n) is 4.10. The van der Waals surface area contributed by atoms with Gasteiger partial charge in [0.2, 0.25) is 0 Å². The maximum absolute atomic E-state index is 5.74. The Labute approximate surface area is 133 Å². The van der Waals surface area contributed by atoms with E-state index in [1.54, 1.807) is 11.3 Å². The molecule has 0 radical (unpaired) electrons. The molecule has 0 aliphatic carbocycles. The van der Waals surface area contributed by atoms with Gasteiger partial charge >= 0.3 is 0 Å². The minimum Gasteiger partial charge on any atom is -0.378 e. The van der Waals surface area contributed by atoms with E-state index in [-0.39, 0.29) is 5.41 Å². The van der Waals surface area contributed by atoms with Crippen LogP contribution in [0.2, 0.25) is 0 Å². The fourth-order valence-electron chi connectivity index (χ4n) is 2.78. The average molecular weight is 311 g/mol. The normalized spacial score (nSPS) is 20.9. The van der Waals surface area contributed by atoms with Crippen LogP contribution in [-0.4, -0.2) is 30.3 Å². The van der Waals surface area contributed by atoms with Crippen LogP contribution < -0.4 is 5.32 Å². The Morgan fingerprint density at radius 2 is 2.29 bits per heavy atom. The van der Waals surface area contributed by atoms with E-state index in [4.69, 9.17) is 9.72 Å². The number of hydrogen-bond acceptors (Lipinski definition) is 4. The Kier molecular flexibility index (Phi) is 6.20. The molecule has 3 nitrogen and oxygen atoms in total. The van der Waals surface area contributed by atoms with Gasteiger partial charge in [0.25, 0.3) is 0 Å². The van der Waals surface area contributed by atoms with Crippen molar-refractivity contribution in [2.45, 2.75) is 77.4 Å². The highest BCUT2D eigenvalue weighted by atomic mass is 32.1. The summed E-state index contributed by atoms with van der Waals surface area (Å²) in [5.74, 6) is 0. The first-order valence-corrected chi connectivity index (χ1v) is 9.17. The van der Waals surface area contributed by atoms with E-state index >= 15 is 0 Å². The average Bonchev–Trinajstić information content (AvgIpc) is 3.06. The first-order valence-electron chi connectivity index (χ1n) is 8.29. The summed E-state index contributed by atoms with van der Waals surface area (Å²) in [6, 6.07) is 0.526. The van der Waals surface area contributed by atoms with Crippen LogP contribution in [0, 0.1) is 0 Å². The molecule has 21 heavy (non-hydrogen) atoms. The minimum absolute atomic E-state index is 0.153. The van der Waals surface area contributed by atoms with Crippen molar-refractivity contribution in [3.63, 3.8) is 0 Å². The molecule has 1 fully saturated rings. The lowest BCUT2D eigenvalue weighted by Crippen LogP contribution is -2.32. The molecule has 2 atom stereocenters. The van der Waals surface area contributed by atoms with Crippen LogP contribution in [0.25, 0.3) is 0 Å². The van der Waals surface area contributed by atoms with Gasteiger partial charge in [-0.3, -0.25) is 0 Å². The van der Waals surface area contributed by atoms with Gasteiger partial charge in [-0.2, -0.15) is 0 Å². The van der Waals surface area contributed by atoms with Gasteiger partial charge in [0.15, 0.2) is 0 Å². The van der Waals surface area contributed by atoms with Crippen molar-refractivity contribution in [2.24, 2.45) is 0 Å². The fourth-order valence-corrected chi connectivity index (χ4v) is 3.89. The summed E-state index contributed by atoms with van der Waals surface area (Å²) in [6.45, 7) is 10.8. The molecular weight excluding hydrogens is 280 g/mol. The van der Waals surface area contributed by atoms with E-state index < -0.39 is 0 Å². The highest BCUT2D eigenvalue weighted by Crippen LogP contribution is 2.25. The van der Waals surface area contributed by atoms with Crippen LogP contribution >= 0.6 is 11.3 Å². The van der Waals surface area contributed by atoms with Gasteiger partial charge in [-0.05, 0) is 32.2 Å². The van der Waals surface area contributed by atoms with E-state index in [9.17, 15) is 0 Å². The van der Waals surface area contributed by atoms with Gasteiger partial charge < -0.3 is 10.1 Å². The lowest BCUT2D eigenvalue weighted by Gasteiger charge is -2.19. The van der Waals surface area contributed by atoms with Crippen LogP contribution in [0.4, 0.5) is 0 Å². The molecule has 4 heteroatoms. The maximum atomic E-state index is 5.74.